The molecule has 0 atom stereocenters. The van der Waals surface area contributed by atoms with Gasteiger partial charge in [0.2, 0.25) is 0 Å². The van der Waals surface area contributed by atoms with Crippen molar-refractivity contribution in [1.29, 1.82) is 0 Å². The summed E-state index contributed by atoms with van der Waals surface area (Å²) in [5, 5.41) is 18.3. The third-order valence-corrected chi connectivity index (χ3v) is 1.03. The molecular formula is C5H10N2O4. The molecule has 0 aliphatic heterocycles. The summed E-state index contributed by atoms with van der Waals surface area (Å²) in [7, 11) is 0. The average molecular weight is 162 g/mol. The lowest BCUT2D eigenvalue weighted by atomic mass is 10.4. The molecular weight excluding hydrogens is 152 g/mol. The molecule has 0 bridgehead atoms. The lowest BCUT2D eigenvalue weighted by Crippen LogP contribution is -2.35. The predicted molar refractivity (Wildman–Crippen MR) is 36.5 cm³/mol. The Morgan fingerprint density at radius 1 is 1.73 bits per heavy atom. The van der Waals surface area contributed by atoms with Gasteiger partial charge in [-0.15, -0.1) is 5.01 Å². The number of hydrogen-bond donors (Lipinski definition) is 1. The molecule has 0 aliphatic rings. The Labute approximate surface area is 63.5 Å². The zero-order valence-electron chi connectivity index (χ0n) is 6.19. The minimum atomic E-state index is -1.19. The fraction of sp³-hybridized carbons (Fsp3) is 0.800. The molecule has 0 radical (unpaired) electrons. The maximum Gasteiger partial charge on any atom is 0.329 e. The predicted octanol–water partition coefficient (Wildman–Crippen LogP) is -0.0253. The largest absolute Gasteiger partial charge is 0.480 e. The highest BCUT2D eigenvalue weighted by molar-refractivity contribution is 5.68. The number of hydrazine groups is 1. The van der Waals surface area contributed by atoms with E-state index >= 15 is 0 Å². The molecule has 0 aromatic rings. The number of hydrogen-bond acceptors (Lipinski definition) is 3. The van der Waals surface area contributed by atoms with Crippen LogP contribution in [0.1, 0.15) is 13.3 Å². The summed E-state index contributed by atoms with van der Waals surface area (Å²) in [5.41, 5.74) is 0. The first-order valence-electron chi connectivity index (χ1n) is 3.19. The van der Waals surface area contributed by atoms with Gasteiger partial charge < -0.3 is 5.11 Å². The smallest absolute Gasteiger partial charge is 0.329 e. The van der Waals surface area contributed by atoms with Crippen molar-refractivity contribution in [3.8, 4) is 0 Å². The van der Waals surface area contributed by atoms with Gasteiger partial charge in [0, 0.05) is 0 Å². The van der Waals surface area contributed by atoms with Crippen LogP contribution in [0.15, 0.2) is 0 Å². The second-order valence-electron chi connectivity index (χ2n) is 2.02. The lowest BCUT2D eigenvalue weighted by molar-refractivity contribution is -0.653. The Morgan fingerprint density at radius 3 is 2.55 bits per heavy atom. The zero-order valence-corrected chi connectivity index (χ0v) is 6.19. The zero-order chi connectivity index (χ0) is 8.85. The Morgan fingerprint density at radius 2 is 2.27 bits per heavy atom. The molecule has 0 spiro atoms. The van der Waals surface area contributed by atoms with E-state index in [9.17, 15) is 14.9 Å². The molecule has 6 heteroatoms. The van der Waals surface area contributed by atoms with Gasteiger partial charge in [0.05, 0.1) is 6.54 Å². The molecule has 0 aromatic heterocycles. The van der Waals surface area contributed by atoms with Gasteiger partial charge in [-0.2, -0.15) is 0 Å². The summed E-state index contributed by atoms with van der Waals surface area (Å²) < 4.78 is 0. The average Bonchev–Trinajstić information content (AvgIpc) is 1.86. The molecule has 11 heavy (non-hydrogen) atoms. The van der Waals surface area contributed by atoms with Crippen molar-refractivity contribution in [3.05, 3.63) is 10.1 Å². The lowest BCUT2D eigenvalue weighted by Gasteiger charge is -2.09. The van der Waals surface area contributed by atoms with Crippen LogP contribution in [0.5, 0.6) is 0 Å². The third kappa shape index (κ3) is 4.12. The van der Waals surface area contributed by atoms with E-state index in [1.807, 2.05) is 0 Å². The third-order valence-electron chi connectivity index (χ3n) is 1.03. The van der Waals surface area contributed by atoms with E-state index in [0.717, 1.165) is 0 Å². The van der Waals surface area contributed by atoms with Crippen molar-refractivity contribution < 1.29 is 14.9 Å². The SMILES string of the molecule is CCCN(CC(=O)O)[N+](=O)[O-]. The van der Waals surface area contributed by atoms with Crippen LogP contribution in [0, 0.1) is 10.1 Å². The van der Waals surface area contributed by atoms with E-state index in [1.54, 1.807) is 6.92 Å². The Bertz CT molecular complexity index is 159. The first-order chi connectivity index (χ1) is 5.07. The quantitative estimate of drug-likeness (QED) is 0.453. The summed E-state index contributed by atoms with van der Waals surface area (Å²) >= 11 is 0. The van der Waals surface area contributed by atoms with Gasteiger partial charge in [-0.1, -0.05) is 6.92 Å². The molecule has 64 valence electrons. The Hall–Kier alpha value is -1.33. The van der Waals surface area contributed by atoms with E-state index in [4.69, 9.17) is 5.11 Å². The molecule has 0 aromatic carbocycles. The number of aliphatic carboxylic acids is 1. The standard InChI is InChI=1S/C5H10N2O4/c1-2-3-6(7(10)11)4-5(8)9/h2-4H2,1H3,(H,8,9). The van der Waals surface area contributed by atoms with Crippen molar-refractivity contribution in [2.75, 3.05) is 13.1 Å². The molecule has 0 heterocycles. The van der Waals surface area contributed by atoms with Crippen LogP contribution in [0.3, 0.4) is 0 Å². The Balaban J connectivity index is 3.89. The summed E-state index contributed by atoms with van der Waals surface area (Å²) in [6, 6.07) is 0. The summed E-state index contributed by atoms with van der Waals surface area (Å²) in [4.78, 5) is 20.1. The number of rotatable bonds is 5. The number of carbonyl (C=O) groups is 1. The fourth-order valence-corrected chi connectivity index (χ4v) is 0.633. The molecule has 0 amide bonds. The Kier molecular flexibility index (Phi) is 3.94. The van der Waals surface area contributed by atoms with Gasteiger partial charge in [-0.05, 0) is 6.42 Å². The van der Waals surface area contributed by atoms with Crippen molar-refractivity contribution in [2.24, 2.45) is 0 Å². The van der Waals surface area contributed by atoms with Crippen LogP contribution in [-0.2, 0) is 4.79 Å². The highest BCUT2D eigenvalue weighted by Gasteiger charge is 2.15. The van der Waals surface area contributed by atoms with Gasteiger partial charge in [-0.3, -0.25) is 4.79 Å². The van der Waals surface area contributed by atoms with Crippen LogP contribution < -0.4 is 0 Å². The summed E-state index contributed by atoms with van der Waals surface area (Å²) in [6.07, 6.45) is 0.564. The first kappa shape index (κ1) is 9.67. The van der Waals surface area contributed by atoms with Crippen molar-refractivity contribution >= 4 is 5.97 Å². The van der Waals surface area contributed by atoms with Crippen LogP contribution in [0.4, 0.5) is 0 Å². The second-order valence-corrected chi connectivity index (χ2v) is 2.02. The molecule has 1 N–H and O–H groups in total. The summed E-state index contributed by atoms with van der Waals surface area (Å²) in [5.74, 6) is -1.19. The van der Waals surface area contributed by atoms with Crippen LogP contribution in [0.2, 0.25) is 0 Å². The van der Waals surface area contributed by atoms with E-state index in [0.29, 0.717) is 11.4 Å². The monoisotopic (exact) mass is 162 g/mol. The van der Waals surface area contributed by atoms with Crippen LogP contribution in [-0.4, -0.2) is 34.2 Å². The van der Waals surface area contributed by atoms with Crippen molar-refractivity contribution in [3.63, 3.8) is 0 Å². The molecule has 0 unspecified atom stereocenters. The number of nitrogens with zero attached hydrogens (tertiary/aromatic N) is 2. The summed E-state index contributed by atoms with van der Waals surface area (Å²) in [6.45, 7) is 1.37. The van der Waals surface area contributed by atoms with Crippen molar-refractivity contribution in [2.45, 2.75) is 13.3 Å². The minimum Gasteiger partial charge on any atom is -0.480 e. The van der Waals surface area contributed by atoms with Crippen LogP contribution in [0.25, 0.3) is 0 Å². The fourth-order valence-electron chi connectivity index (χ4n) is 0.633. The topological polar surface area (TPSA) is 83.7 Å². The molecule has 0 saturated carbocycles. The molecule has 6 nitrogen and oxygen atoms in total. The highest BCUT2D eigenvalue weighted by atomic mass is 16.7. The molecule has 0 aliphatic carbocycles. The number of carboxylic acid groups (broad SMARTS) is 1. The van der Waals surface area contributed by atoms with Gasteiger partial charge in [0.15, 0.2) is 11.6 Å². The molecule has 0 fully saturated rings. The van der Waals surface area contributed by atoms with Gasteiger partial charge in [0.25, 0.3) is 0 Å². The maximum absolute atomic E-state index is 10.1. The molecule has 0 saturated heterocycles. The highest BCUT2D eigenvalue weighted by Crippen LogP contribution is 1.90. The number of carboxylic acids is 1. The maximum atomic E-state index is 10.1. The molecule has 0 rings (SSSR count). The van der Waals surface area contributed by atoms with E-state index < -0.39 is 17.5 Å². The van der Waals surface area contributed by atoms with Crippen LogP contribution >= 0.6 is 0 Å². The van der Waals surface area contributed by atoms with E-state index in [1.165, 1.54) is 0 Å². The normalized spacial score (nSPS) is 9.18. The van der Waals surface area contributed by atoms with Gasteiger partial charge in [-0.25, -0.2) is 10.1 Å². The van der Waals surface area contributed by atoms with Gasteiger partial charge >= 0.3 is 5.97 Å². The second kappa shape index (κ2) is 4.48. The first-order valence-corrected chi connectivity index (χ1v) is 3.19. The number of nitro groups is 1. The van der Waals surface area contributed by atoms with Gasteiger partial charge in [0.1, 0.15) is 0 Å². The van der Waals surface area contributed by atoms with Crippen molar-refractivity contribution in [1.82, 2.24) is 5.01 Å². The van der Waals surface area contributed by atoms with E-state index in [2.05, 4.69) is 0 Å². The minimum absolute atomic E-state index is 0.166. The van der Waals surface area contributed by atoms with E-state index in [-0.39, 0.29) is 6.54 Å².